The van der Waals surface area contributed by atoms with E-state index in [9.17, 15) is 0 Å². The highest BCUT2D eigenvalue weighted by atomic mass is 79.9. The number of nitrogens with zero attached hydrogens (tertiary/aromatic N) is 2. The summed E-state index contributed by atoms with van der Waals surface area (Å²) in [7, 11) is 0. The lowest BCUT2D eigenvalue weighted by Gasteiger charge is -2.12. The lowest BCUT2D eigenvalue weighted by molar-refractivity contribution is 0.984. The number of aromatic nitrogens is 2. The highest BCUT2D eigenvalue weighted by molar-refractivity contribution is 9.10. The lowest BCUT2D eigenvalue weighted by atomic mass is 10.1. The van der Waals surface area contributed by atoms with Gasteiger partial charge in [0.05, 0.1) is 10.2 Å². The maximum absolute atomic E-state index is 6.19. The van der Waals surface area contributed by atoms with Crippen molar-refractivity contribution in [1.82, 2.24) is 9.97 Å². The Kier molecular flexibility index (Phi) is 5.00. The monoisotopic (exact) mass is 353 g/mol. The minimum Gasteiger partial charge on any atom is -0.369 e. The second kappa shape index (κ2) is 6.55. The van der Waals surface area contributed by atoms with E-state index in [2.05, 4.69) is 38.1 Å². The number of hydrogen-bond donors (Lipinski definition) is 1. The van der Waals surface area contributed by atoms with Crippen molar-refractivity contribution >= 4 is 33.3 Å². The van der Waals surface area contributed by atoms with Crippen LogP contribution >= 0.6 is 27.5 Å². The Balaban J connectivity index is 2.55. The fourth-order valence-electron chi connectivity index (χ4n) is 1.87. The van der Waals surface area contributed by atoms with E-state index in [1.807, 2.05) is 32.0 Å². The van der Waals surface area contributed by atoms with Crippen LogP contribution in [0.1, 0.15) is 25.1 Å². The highest BCUT2D eigenvalue weighted by Crippen LogP contribution is 2.29. The molecule has 20 heavy (non-hydrogen) atoms. The molecule has 0 fully saturated rings. The molecule has 0 aliphatic heterocycles. The SMILES string of the molecule is CCNc1nc(-c2ccc(C)c(Cl)c2)nc(CC)c1Br. The summed E-state index contributed by atoms with van der Waals surface area (Å²) in [5.74, 6) is 1.52. The Bertz CT molecular complexity index is 629. The van der Waals surface area contributed by atoms with Gasteiger partial charge in [0.1, 0.15) is 5.82 Å². The molecule has 2 rings (SSSR count). The maximum atomic E-state index is 6.19. The highest BCUT2D eigenvalue weighted by Gasteiger charge is 2.12. The third-order valence-corrected chi connectivity index (χ3v) is 4.27. The minimum atomic E-state index is 0.697. The van der Waals surface area contributed by atoms with Crippen LogP contribution in [0.25, 0.3) is 11.4 Å². The average molecular weight is 355 g/mol. The van der Waals surface area contributed by atoms with E-state index in [1.54, 1.807) is 0 Å². The van der Waals surface area contributed by atoms with E-state index in [-0.39, 0.29) is 0 Å². The zero-order valence-electron chi connectivity index (χ0n) is 11.8. The molecule has 0 saturated carbocycles. The van der Waals surface area contributed by atoms with Crippen LogP contribution in [0.5, 0.6) is 0 Å². The van der Waals surface area contributed by atoms with Crippen molar-refractivity contribution in [2.45, 2.75) is 27.2 Å². The summed E-state index contributed by atoms with van der Waals surface area (Å²) in [6.07, 6.45) is 0.841. The zero-order chi connectivity index (χ0) is 14.7. The van der Waals surface area contributed by atoms with Crippen molar-refractivity contribution < 1.29 is 0 Å². The van der Waals surface area contributed by atoms with Gasteiger partial charge >= 0.3 is 0 Å². The molecule has 3 nitrogen and oxygen atoms in total. The number of aryl methyl sites for hydroxylation is 2. The summed E-state index contributed by atoms with van der Waals surface area (Å²) < 4.78 is 0.934. The van der Waals surface area contributed by atoms with E-state index < -0.39 is 0 Å². The molecule has 0 saturated heterocycles. The number of rotatable bonds is 4. The molecule has 0 radical (unpaired) electrons. The van der Waals surface area contributed by atoms with Crippen LogP contribution in [-0.4, -0.2) is 16.5 Å². The number of anilines is 1. The molecule has 0 unspecified atom stereocenters. The van der Waals surface area contributed by atoms with Gasteiger partial charge in [-0.05, 0) is 47.8 Å². The predicted molar refractivity (Wildman–Crippen MR) is 88.5 cm³/mol. The number of nitrogens with one attached hydrogen (secondary N) is 1. The normalized spacial score (nSPS) is 10.7. The van der Waals surface area contributed by atoms with E-state index in [0.29, 0.717) is 5.82 Å². The van der Waals surface area contributed by atoms with Crippen molar-refractivity contribution in [3.63, 3.8) is 0 Å². The Morgan fingerprint density at radius 1 is 1.25 bits per heavy atom. The summed E-state index contributed by atoms with van der Waals surface area (Å²) in [5.41, 5.74) is 2.97. The average Bonchev–Trinajstić information content (AvgIpc) is 2.44. The van der Waals surface area contributed by atoms with Crippen LogP contribution in [0.4, 0.5) is 5.82 Å². The second-order valence-electron chi connectivity index (χ2n) is 4.50. The van der Waals surface area contributed by atoms with Gasteiger partial charge in [0.15, 0.2) is 5.82 Å². The lowest BCUT2D eigenvalue weighted by Crippen LogP contribution is -2.05. The molecule has 106 valence electrons. The van der Waals surface area contributed by atoms with Crippen LogP contribution in [-0.2, 0) is 6.42 Å². The zero-order valence-corrected chi connectivity index (χ0v) is 14.1. The second-order valence-corrected chi connectivity index (χ2v) is 5.70. The van der Waals surface area contributed by atoms with Crippen molar-refractivity contribution in [3.05, 3.63) is 39.0 Å². The van der Waals surface area contributed by atoms with E-state index in [4.69, 9.17) is 11.6 Å². The molecular weight excluding hydrogens is 338 g/mol. The van der Waals surface area contributed by atoms with Crippen LogP contribution in [0.15, 0.2) is 22.7 Å². The Morgan fingerprint density at radius 3 is 2.60 bits per heavy atom. The van der Waals surface area contributed by atoms with Gasteiger partial charge in [-0.15, -0.1) is 0 Å². The summed E-state index contributed by atoms with van der Waals surface area (Å²) >= 11 is 9.75. The molecule has 1 aromatic heterocycles. The first-order chi connectivity index (χ1) is 9.56. The number of halogens is 2. The fourth-order valence-corrected chi connectivity index (χ4v) is 2.65. The maximum Gasteiger partial charge on any atom is 0.161 e. The molecule has 0 amide bonds. The van der Waals surface area contributed by atoms with E-state index >= 15 is 0 Å². The van der Waals surface area contributed by atoms with Crippen LogP contribution in [0.2, 0.25) is 5.02 Å². The van der Waals surface area contributed by atoms with Crippen molar-refractivity contribution in [2.24, 2.45) is 0 Å². The van der Waals surface area contributed by atoms with Crippen LogP contribution in [0, 0.1) is 6.92 Å². The first-order valence-electron chi connectivity index (χ1n) is 6.63. The third kappa shape index (κ3) is 3.13. The summed E-state index contributed by atoms with van der Waals surface area (Å²) in [5, 5.41) is 3.99. The van der Waals surface area contributed by atoms with Gasteiger partial charge in [0, 0.05) is 17.1 Å². The predicted octanol–water partition coefficient (Wildman–Crippen LogP) is 4.86. The van der Waals surface area contributed by atoms with Gasteiger partial charge < -0.3 is 5.32 Å². The molecule has 2 aromatic rings. The molecule has 1 aromatic carbocycles. The number of hydrogen-bond acceptors (Lipinski definition) is 3. The van der Waals surface area contributed by atoms with Gasteiger partial charge in [-0.3, -0.25) is 0 Å². The Labute approximate surface area is 132 Å². The van der Waals surface area contributed by atoms with Gasteiger partial charge in [0.2, 0.25) is 0 Å². The molecule has 1 heterocycles. The Hall–Kier alpha value is -1.13. The van der Waals surface area contributed by atoms with Crippen molar-refractivity contribution in [2.75, 3.05) is 11.9 Å². The van der Waals surface area contributed by atoms with E-state index in [0.717, 1.165) is 45.1 Å². The summed E-state index contributed by atoms with van der Waals surface area (Å²) in [6.45, 7) is 6.92. The van der Waals surface area contributed by atoms with Gasteiger partial charge in [-0.1, -0.05) is 30.7 Å². The van der Waals surface area contributed by atoms with E-state index in [1.165, 1.54) is 0 Å². The minimum absolute atomic E-state index is 0.697. The number of benzene rings is 1. The first kappa shape index (κ1) is 15.3. The molecule has 0 atom stereocenters. The molecular formula is C15H17BrClN3. The molecule has 5 heteroatoms. The van der Waals surface area contributed by atoms with Crippen LogP contribution < -0.4 is 5.32 Å². The molecule has 0 spiro atoms. The van der Waals surface area contributed by atoms with Gasteiger partial charge in [0.25, 0.3) is 0 Å². The van der Waals surface area contributed by atoms with Crippen LogP contribution in [0.3, 0.4) is 0 Å². The van der Waals surface area contributed by atoms with Gasteiger partial charge in [-0.25, -0.2) is 9.97 Å². The molecule has 0 aliphatic carbocycles. The smallest absolute Gasteiger partial charge is 0.161 e. The van der Waals surface area contributed by atoms with Crippen molar-refractivity contribution in [1.29, 1.82) is 0 Å². The third-order valence-electron chi connectivity index (χ3n) is 3.03. The first-order valence-corrected chi connectivity index (χ1v) is 7.80. The summed E-state index contributed by atoms with van der Waals surface area (Å²) in [4.78, 5) is 9.20. The molecule has 0 aliphatic rings. The molecule has 0 bridgehead atoms. The summed E-state index contributed by atoms with van der Waals surface area (Å²) in [6, 6.07) is 5.90. The largest absolute Gasteiger partial charge is 0.369 e. The fraction of sp³-hybridized carbons (Fsp3) is 0.333. The quantitative estimate of drug-likeness (QED) is 0.852. The van der Waals surface area contributed by atoms with Crippen molar-refractivity contribution in [3.8, 4) is 11.4 Å². The Morgan fingerprint density at radius 2 is 2.00 bits per heavy atom. The van der Waals surface area contributed by atoms with Gasteiger partial charge in [-0.2, -0.15) is 0 Å². The molecule has 1 N–H and O–H groups in total. The standard InChI is InChI=1S/C15H17BrClN3/c1-4-12-13(16)15(18-5-2)20-14(19-12)10-7-6-9(3)11(17)8-10/h6-8H,4-5H2,1-3H3,(H,18,19,20). The topological polar surface area (TPSA) is 37.8 Å².